The number of hydrogen-bond donors (Lipinski definition) is 1. The fourth-order valence-electron chi connectivity index (χ4n) is 2.09. The van der Waals surface area contributed by atoms with E-state index in [0.29, 0.717) is 36.0 Å². The van der Waals surface area contributed by atoms with Crippen LogP contribution in [0.1, 0.15) is 24.2 Å². The molecule has 25 heavy (non-hydrogen) atoms. The van der Waals surface area contributed by atoms with Gasteiger partial charge in [0.15, 0.2) is 6.61 Å². The first-order valence-corrected chi connectivity index (χ1v) is 8.05. The number of hydrogen-bond acceptors (Lipinski definition) is 5. The van der Waals surface area contributed by atoms with Crippen molar-refractivity contribution in [2.45, 2.75) is 13.8 Å². The lowest BCUT2D eigenvalue weighted by molar-refractivity contribution is -0.145. The van der Waals surface area contributed by atoms with Gasteiger partial charge >= 0.3 is 5.97 Å². The van der Waals surface area contributed by atoms with Crippen LogP contribution in [0.5, 0.6) is 11.5 Å². The minimum absolute atomic E-state index is 0.166. The lowest BCUT2D eigenvalue weighted by Crippen LogP contribution is -2.15. The second-order valence-electron chi connectivity index (χ2n) is 5.00. The van der Waals surface area contributed by atoms with Crippen molar-refractivity contribution in [3.63, 3.8) is 0 Å². The van der Waals surface area contributed by atoms with Crippen molar-refractivity contribution in [1.29, 1.82) is 0 Å². The highest BCUT2D eigenvalue weighted by atomic mass is 16.6. The molecule has 0 aliphatic carbocycles. The molecule has 132 valence electrons. The summed E-state index contributed by atoms with van der Waals surface area (Å²) in [7, 11) is 0. The molecule has 0 spiro atoms. The fraction of sp³-hybridized carbons (Fsp3) is 0.263. The van der Waals surface area contributed by atoms with Gasteiger partial charge in [-0.2, -0.15) is 0 Å². The Labute approximate surface area is 146 Å². The van der Waals surface area contributed by atoms with Gasteiger partial charge in [-0.3, -0.25) is 4.79 Å². The first-order chi connectivity index (χ1) is 12.1. The second kappa shape index (κ2) is 9.32. The van der Waals surface area contributed by atoms with E-state index >= 15 is 0 Å². The Morgan fingerprint density at radius 2 is 1.64 bits per heavy atom. The van der Waals surface area contributed by atoms with Gasteiger partial charge in [-0.15, -0.1) is 0 Å². The first-order valence-electron chi connectivity index (χ1n) is 8.05. The van der Waals surface area contributed by atoms with E-state index in [1.54, 1.807) is 43.3 Å². The van der Waals surface area contributed by atoms with E-state index in [1.165, 1.54) is 0 Å². The lowest BCUT2D eigenvalue weighted by Gasteiger charge is -2.11. The molecule has 2 rings (SSSR count). The topological polar surface area (TPSA) is 73.9 Å². The van der Waals surface area contributed by atoms with E-state index in [0.717, 1.165) is 0 Å². The second-order valence-corrected chi connectivity index (χ2v) is 5.00. The Morgan fingerprint density at radius 1 is 0.920 bits per heavy atom. The highest BCUT2D eigenvalue weighted by molar-refractivity contribution is 6.05. The Bertz CT molecular complexity index is 712. The van der Waals surface area contributed by atoms with Crippen molar-refractivity contribution >= 4 is 17.6 Å². The number of anilines is 1. The van der Waals surface area contributed by atoms with Gasteiger partial charge in [0.25, 0.3) is 5.91 Å². The zero-order chi connectivity index (χ0) is 18.1. The van der Waals surface area contributed by atoms with Gasteiger partial charge in [0.2, 0.25) is 0 Å². The summed E-state index contributed by atoms with van der Waals surface area (Å²) in [5.74, 6) is 0.410. The molecule has 0 radical (unpaired) electrons. The zero-order valence-electron chi connectivity index (χ0n) is 14.3. The van der Waals surface area contributed by atoms with Crippen molar-refractivity contribution in [3.8, 4) is 11.5 Å². The third-order valence-electron chi connectivity index (χ3n) is 3.21. The van der Waals surface area contributed by atoms with Crippen LogP contribution in [0.4, 0.5) is 5.69 Å². The molecule has 0 atom stereocenters. The van der Waals surface area contributed by atoms with E-state index in [2.05, 4.69) is 5.32 Å². The third kappa shape index (κ3) is 5.53. The van der Waals surface area contributed by atoms with Gasteiger partial charge < -0.3 is 19.5 Å². The summed E-state index contributed by atoms with van der Waals surface area (Å²) in [5, 5.41) is 2.82. The predicted molar refractivity (Wildman–Crippen MR) is 94.1 cm³/mol. The summed E-state index contributed by atoms with van der Waals surface area (Å²) in [4.78, 5) is 23.6. The number of benzene rings is 2. The molecule has 0 heterocycles. The van der Waals surface area contributed by atoms with Crippen LogP contribution in [0.3, 0.4) is 0 Å². The van der Waals surface area contributed by atoms with Crippen molar-refractivity contribution in [3.05, 3.63) is 54.1 Å². The van der Waals surface area contributed by atoms with Crippen LogP contribution in [0, 0.1) is 0 Å². The van der Waals surface area contributed by atoms with Gasteiger partial charge in [-0.25, -0.2) is 4.79 Å². The zero-order valence-corrected chi connectivity index (χ0v) is 14.3. The molecule has 2 aromatic rings. The monoisotopic (exact) mass is 343 g/mol. The highest BCUT2D eigenvalue weighted by Crippen LogP contribution is 2.24. The standard InChI is InChI=1S/C19H21NO5/c1-3-23-17-8-6-5-7-16(17)20-19(22)14-9-11-15(12-10-14)25-13-18(21)24-4-2/h5-12H,3-4,13H2,1-2H3,(H,20,22). The molecular formula is C19H21NO5. The number of para-hydroxylation sites is 2. The molecule has 1 amide bonds. The molecule has 6 heteroatoms. The highest BCUT2D eigenvalue weighted by Gasteiger charge is 2.10. The summed E-state index contributed by atoms with van der Waals surface area (Å²) in [6, 6.07) is 13.7. The Balaban J connectivity index is 1.97. The Hall–Kier alpha value is -3.02. The average molecular weight is 343 g/mol. The molecule has 0 saturated carbocycles. The van der Waals surface area contributed by atoms with E-state index in [9.17, 15) is 9.59 Å². The molecule has 0 aromatic heterocycles. The van der Waals surface area contributed by atoms with Gasteiger partial charge in [0.1, 0.15) is 11.5 Å². The summed E-state index contributed by atoms with van der Waals surface area (Å²) in [6.07, 6.45) is 0. The number of carbonyl (C=O) groups excluding carboxylic acids is 2. The first kappa shape index (κ1) is 18.3. The summed E-state index contributed by atoms with van der Waals surface area (Å²) in [5.41, 5.74) is 1.08. The number of rotatable bonds is 8. The van der Waals surface area contributed by atoms with Crippen LogP contribution in [-0.2, 0) is 9.53 Å². The molecule has 0 aliphatic rings. The van der Waals surface area contributed by atoms with Crippen LogP contribution < -0.4 is 14.8 Å². The van der Waals surface area contributed by atoms with E-state index < -0.39 is 5.97 Å². The van der Waals surface area contributed by atoms with Gasteiger partial charge in [0.05, 0.1) is 18.9 Å². The van der Waals surface area contributed by atoms with Gasteiger partial charge in [-0.1, -0.05) is 12.1 Å². The molecule has 2 aromatic carbocycles. The summed E-state index contributed by atoms with van der Waals surface area (Å²) in [6.45, 7) is 4.27. The predicted octanol–water partition coefficient (Wildman–Crippen LogP) is 3.28. The lowest BCUT2D eigenvalue weighted by atomic mass is 10.2. The summed E-state index contributed by atoms with van der Waals surface area (Å²) >= 11 is 0. The van der Waals surface area contributed by atoms with Gasteiger partial charge in [-0.05, 0) is 50.2 Å². The van der Waals surface area contributed by atoms with Crippen LogP contribution in [0.25, 0.3) is 0 Å². The molecule has 0 fully saturated rings. The number of carbonyl (C=O) groups is 2. The molecule has 0 saturated heterocycles. The van der Waals surface area contributed by atoms with Gasteiger partial charge in [0, 0.05) is 5.56 Å². The van der Waals surface area contributed by atoms with E-state index in [1.807, 2.05) is 19.1 Å². The Kier molecular flexibility index (Phi) is 6.83. The minimum atomic E-state index is -0.433. The smallest absolute Gasteiger partial charge is 0.344 e. The maximum absolute atomic E-state index is 12.4. The Morgan fingerprint density at radius 3 is 2.32 bits per heavy atom. The largest absolute Gasteiger partial charge is 0.492 e. The van der Waals surface area contributed by atoms with E-state index in [-0.39, 0.29) is 12.5 Å². The van der Waals surface area contributed by atoms with Crippen LogP contribution in [0.2, 0.25) is 0 Å². The number of nitrogens with one attached hydrogen (secondary N) is 1. The van der Waals surface area contributed by atoms with Crippen molar-refractivity contribution in [2.24, 2.45) is 0 Å². The average Bonchev–Trinajstić information content (AvgIpc) is 2.62. The van der Waals surface area contributed by atoms with Crippen molar-refractivity contribution in [2.75, 3.05) is 25.1 Å². The number of ether oxygens (including phenoxy) is 3. The SMILES string of the molecule is CCOC(=O)COc1ccc(C(=O)Nc2ccccc2OCC)cc1. The normalized spacial score (nSPS) is 10.0. The van der Waals surface area contributed by atoms with Crippen LogP contribution in [0.15, 0.2) is 48.5 Å². The maximum atomic E-state index is 12.4. The van der Waals surface area contributed by atoms with Crippen LogP contribution in [-0.4, -0.2) is 31.7 Å². The molecule has 0 bridgehead atoms. The fourth-order valence-corrected chi connectivity index (χ4v) is 2.09. The van der Waals surface area contributed by atoms with Crippen LogP contribution >= 0.6 is 0 Å². The molecule has 1 N–H and O–H groups in total. The molecular weight excluding hydrogens is 322 g/mol. The quantitative estimate of drug-likeness (QED) is 0.745. The molecule has 0 unspecified atom stereocenters. The van der Waals surface area contributed by atoms with Crippen molar-refractivity contribution < 1.29 is 23.8 Å². The third-order valence-corrected chi connectivity index (χ3v) is 3.21. The van der Waals surface area contributed by atoms with Crippen molar-refractivity contribution in [1.82, 2.24) is 0 Å². The molecule has 0 aliphatic heterocycles. The van der Waals surface area contributed by atoms with E-state index in [4.69, 9.17) is 14.2 Å². The molecule has 6 nitrogen and oxygen atoms in total. The number of esters is 1. The minimum Gasteiger partial charge on any atom is -0.492 e. The number of amides is 1. The maximum Gasteiger partial charge on any atom is 0.344 e. The summed E-state index contributed by atoms with van der Waals surface area (Å²) < 4.78 is 15.6.